The van der Waals surface area contributed by atoms with Crippen LogP contribution < -0.4 is 4.72 Å². The van der Waals surface area contributed by atoms with Crippen molar-refractivity contribution in [3.8, 4) is 0 Å². The molecule has 12 heterocycles. The average molecular weight is 1120 g/mol. The van der Waals surface area contributed by atoms with E-state index in [9.17, 15) is 22.8 Å². The maximum Gasteiger partial charge on any atom is 0.308 e. The number of hydrogen-bond donors (Lipinski definition) is 1. The SMILES string of the molecule is C[C@@H]1CC[C@H]2[C@@H](C)C(CC(=O)OCC(COC(=O)CC3O[C@@H]4OC5(C)CC[C@H]6[C@H](C)CC[C@@H]([C@H]3C)[C@@]46OO5)(COC(=O)CC3O[C@@H]4OC5(C)CC[C@H]6[C@H](C)CC[C@@H]([C@H]3C)[C@@]46OO5)NS(C)(=O)=O)O[C@@H]3OC4(C)CC[C@@H]1[C@]32OO4. The number of hydrogen-bond acceptors (Lipinski definition) is 20. The van der Waals surface area contributed by atoms with Crippen molar-refractivity contribution < 1.29 is 94.8 Å². The Balaban J connectivity index is 0.770. The van der Waals surface area contributed by atoms with Gasteiger partial charge in [0.05, 0.1) is 43.8 Å². The number of nitrogens with one attached hydrogen (secondary N) is 1. The molecule has 1 N–H and O–H groups in total. The van der Waals surface area contributed by atoms with Gasteiger partial charge in [-0.1, -0.05) is 41.5 Å². The van der Waals surface area contributed by atoms with E-state index in [1.807, 2.05) is 41.5 Å². The second kappa shape index (κ2) is 20.0. The summed E-state index contributed by atoms with van der Waals surface area (Å²) in [5.41, 5.74) is -4.54. The van der Waals surface area contributed by atoms with E-state index >= 15 is 0 Å². The molecule has 440 valence electrons. The monoisotopic (exact) mass is 1120 g/mol. The van der Waals surface area contributed by atoms with E-state index in [-0.39, 0.29) is 72.5 Å². The first kappa shape index (κ1) is 56.3. The van der Waals surface area contributed by atoms with Crippen LogP contribution in [0.3, 0.4) is 0 Å². The van der Waals surface area contributed by atoms with Crippen molar-refractivity contribution in [1.29, 1.82) is 0 Å². The summed E-state index contributed by atoms with van der Waals surface area (Å²) >= 11 is 0. The van der Waals surface area contributed by atoms with Gasteiger partial charge in [0, 0.05) is 37.0 Å². The van der Waals surface area contributed by atoms with Crippen LogP contribution in [0.5, 0.6) is 0 Å². The standard InChI is InChI=1S/C56H85NO20S/c1-29-11-14-38-32(4)41(66-47-54(38)35(29)17-20-50(7,69-47)72-75-54)23-44(58)63-26-53(57-78(10,61)62,27-64-45(59)24-42-33(5)39-15-12-30(2)36-18-21-51(8)70-48(67-42)55(36,39)76-73-51)28-65-46(60)25-43-34(6)40-16-13-31(3)37-19-22-52(9)71-49(68-43)56(37,40)77-74-52/h29-43,47-49,57H,11-28H2,1-10H3/t29-,30-,31-,32-,33-,34-,35+,36+,37+,38+,39+,40+,41?,42?,43?,47-,48-,49-,50?,51?,52?,53?,54-,55-,56-/m1/s1. The molecule has 3 saturated carbocycles. The van der Waals surface area contributed by atoms with Gasteiger partial charge in [-0.25, -0.2) is 37.7 Å². The van der Waals surface area contributed by atoms with Gasteiger partial charge < -0.3 is 42.6 Å². The summed E-state index contributed by atoms with van der Waals surface area (Å²) in [6.45, 7) is 16.3. The Morgan fingerprint density at radius 3 is 1.04 bits per heavy atom. The van der Waals surface area contributed by atoms with Crippen LogP contribution in [0.1, 0.15) is 159 Å². The molecular weight excluding hydrogens is 1040 g/mol. The highest BCUT2D eigenvalue weighted by molar-refractivity contribution is 7.88. The Labute approximate surface area is 458 Å². The Morgan fingerprint density at radius 2 is 0.756 bits per heavy atom. The molecule has 15 fully saturated rings. The number of fused-ring (bicyclic) bond motifs is 6. The number of sulfonamides is 1. The Morgan fingerprint density at radius 1 is 0.462 bits per heavy atom. The lowest BCUT2D eigenvalue weighted by molar-refractivity contribution is -0.571. The van der Waals surface area contributed by atoms with Crippen molar-refractivity contribution in [3.05, 3.63) is 0 Å². The number of esters is 3. The van der Waals surface area contributed by atoms with Gasteiger partial charge in [0.15, 0.2) is 35.7 Å². The molecule has 0 aromatic heterocycles. The van der Waals surface area contributed by atoms with Crippen LogP contribution in [0.2, 0.25) is 0 Å². The van der Waals surface area contributed by atoms with Crippen molar-refractivity contribution in [2.24, 2.45) is 71.0 Å². The zero-order chi connectivity index (χ0) is 55.2. The molecule has 0 radical (unpaired) electrons. The summed E-state index contributed by atoms with van der Waals surface area (Å²) in [4.78, 5) is 79.7. The molecule has 15 rings (SSSR count). The number of rotatable bonds is 14. The summed E-state index contributed by atoms with van der Waals surface area (Å²) in [7, 11) is -4.19. The third-order valence-corrected chi connectivity index (χ3v) is 22.7. The fourth-order valence-corrected chi connectivity index (χ4v) is 18.5. The van der Waals surface area contributed by atoms with Gasteiger partial charge >= 0.3 is 17.9 Å². The molecule has 12 saturated heterocycles. The second-order valence-corrected chi connectivity index (χ2v) is 28.8. The maximum atomic E-state index is 14.3. The number of carbonyl (C=O) groups excluding carboxylic acids is 3. The molecule has 3 aliphatic carbocycles. The molecule has 15 aliphatic rings. The lowest BCUT2D eigenvalue weighted by atomic mass is 9.57. The van der Waals surface area contributed by atoms with Crippen molar-refractivity contribution >= 4 is 27.9 Å². The highest BCUT2D eigenvalue weighted by atomic mass is 32.2. The summed E-state index contributed by atoms with van der Waals surface area (Å²) in [5, 5.41) is 0. The maximum absolute atomic E-state index is 14.3. The van der Waals surface area contributed by atoms with Crippen LogP contribution in [0.4, 0.5) is 0 Å². The van der Waals surface area contributed by atoms with Gasteiger partial charge in [-0.05, 0) is 132 Å². The lowest BCUT2D eigenvalue weighted by Gasteiger charge is -2.60. The minimum Gasteiger partial charge on any atom is -0.463 e. The first-order valence-corrected chi connectivity index (χ1v) is 31.3. The summed E-state index contributed by atoms with van der Waals surface area (Å²) in [6.07, 6.45) is 5.66. The summed E-state index contributed by atoms with van der Waals surface area (Å²) in [5.74, 6) is -4.56. The minimum atomic E-state index is -4.19. The molecule has 6 bridgehead atoms. The fraction of sp³-hybridized carbons (Fsp3) is 0.946. The van der Waals surface area contributed by atoms with E-state index in [1.54, 1.807) is 0 Å². The van der Waals surface area contributed by atoms with Crippen LogP contribution in [0.15, 0.2) is 0 Å². The first-order chi connectivity index (χ1) is 36.8. The van der Waals surface area contributed by atoms with Gasteiger partial charge in [0.2, 0.25) is 27.4 Å². The fourth-order valence-electron chi connectivity index (χ4n) is 17.6. The normalized spacial score (nSPS) is 51.5. The largest absolute Gasteiger partial charge is 0.463 e. The second-order valence-electron chi connectivity index (χ2n) is 27.1. The summed E-state index contributed by atoms with van der Waals surface area (Å²) < 4.78 is 87.3. The predicted molar refractivity (Wildman–Crippen MR) is 268 cm³/mol. The van der Waals surface area contributed by atoms with Gasteiger partial charge in [0.25, 0.3) is 0 Å². The van der Waals surface area contributed by atoms with Crippen LogP contribution in [-0.2, 0) is 96.4 Å². The van der Waals surface area contributed by atoms with Crippen LogP contribution >= 0.6 is 0 Å². The molecule has 21 nitrogen and oxygen atoms in total. The third-order valence-electron chi connectivity index (χ3n) is 21.9. The van der Waals surface area contributed by atoms with Gasteiger partial charge in [0.1, 0.15) is 25.4 Å². The molecule has 0 aromatic rings. The molecule has 78 heavy (non-hydrogen) atoms. The quantitative estimate of drug-likeness (QED) is 0.107. The minimum absolute atomic E-state index is 0.0573. The molecule has 6 unspecified atom stereocenters. The van der Waals surface area contributed by atoms with Crippen molar-refractivity contribution in [3.63, 3.8) is 0 Å². The lowest BCUT2D eigenvalue weighted by Crippen LogP contribution is -2.70. The van der Waals surface area contributed by atoms with E-state index in [0.717, 1.165) is 64.0 Å². The van der Waals surface area contributed by atoms with Crippen LogP contribution in [0, 0.1) is 71.0 Å². The summed E-state index contributed by atoms with van der Waals surface area (Å²) in [6, 6.07) is 0. The molecule has 12 aliphatic heterocycles. The Bertz CT molecular complexity index is 2200. The Kier molecular flexibility index (Phi) is 14.4. The molecular formula is C56H85NO20S. The zero-order valence-electron chi connectivity index (χ0n) is 47.2. The van der Waals surface area contributed by atoms with Crippen LogP contribution in [0.25, 0.3) is 0 Å². The van der Waals surface area contributed by atoms with Gasteiger partial charge in [-0.15, -0.1) is 0 Å². The average Bonchev–Trinajstić information content (AvgIpc) is 4.08. The molecule has 0 amide bonds. The van der Waals surface area contributed by atoms with Crippen molar-refractivity contribution in [2.75, 3.05) is 26.1 Å². The van der Waals surface area contributed by atoms with E-state index < -0.39 is 125 Å². The van der Waals surface area contributed by atoms with Crippen LogP contribution in [-0.4, -0.2) is 129 Å². The molecule has 22 heteroatoms. The highest BCUT2D eigenvalue weighted by Crippen LogP contribution is 2.64. The van der Waals surface area contributed by atoms with Gasteiger partial charge in [-0.3, -0.25) is 14.4 Å². The smallest absolute Gasteiger partial charge is 0.308 e. The van der Waals surface area contributed by atoms with Crippen molar-refractivity contribution in [2.45, 2.75) is 236 Å². The van der Waals surface area contributed by atoms with Gasteiger partial charge in [-0.2, -0.15) is 4.72 Å². The highest BCUT2D eigenvalue weighted by Gasteiger charge is 2.72. The van der Waals surface area contributed by atoms with Crippen molar-refractivity contribution in [1.82, 2.24) is 4.72 Å². The first-order valence-electron chi connectivity index (χ1n) is 29.4. The molecule has 0 aromatic carbocycles. The number of carbonyl (C=O) groups is 3. The van der Waals surface area contributed by atoms with E-state index in [2.05, 4.69) is 25.5 Å². The zero-order valence-corrected chi connectivity index (χ0v) is 48.0. The third kappa shape index (κ3) is 9.34. The predicted octanol–water partition coefficient (Wildman–Crippen LogP) is 6.83. The molecule has 3 spiro atoms. The Hall–Kier alpha value is -2.16. The molecule has 24 atom stereocenters. The van der Waals surface area contributed by atoms with E-state index in [1.165, 1.54) is 0 Å². The number of ether oxygens (including phenoxy) is 9. The topological polar surface area (TPSA) is 236 Å². The van der Waals surface area contributed by atoms with E-state index in [0.29, 0.717) is 37.0 Å². The van der Waals surface area contributed by atoms with E-state index in [4.69, 9.17) is 72.0 Å².